The highest BCUT2D eigenvalue weighted by Gasteiger charge is 2.33. The van der Waals surface area contributed by atoms with Crippen molar-refractivity contribution in [2.24, 2.45) is 5.41 Å². The van der Waals surface area contributed by atoms with E-state index in [0.717, 1.165) is 0 Å². The molecule has 10 heavy (non-hydrogen) atoms. The van der Waals surface area contributed by atoms with Crippen molar-refractivity contribution in [2.45, 2.75) is 13.8 Å². The predicted octanol–water partition coefficient (Wildman–Crippen LogP) is -0.148. The van der Waals surface area contributed by atoms with Crippen molar-refractivity contribution >= 4 is 11.9 Å². The monoisotopic (exact) mass is 142 g/mol. The number of urea groups is 1. The van der Waals surface area contributed by atoms with Crippen LogP contribution in [0, 0.1) is 5.41 Å². The van der Waals surface area contributed by atoms with E-state index in [9.17, 15) is 9.59 Å². The number of carbonyl (C=O) groups excluding carboxylic acids is 2. The first-order chi connectivity index (χ1) is 4.52. The molecule has 1 fully saturated rings. The molecule has 1 rings (SSSR count). The molecular weight excluding hydrogens is 132 g/mol. The summed E-state index contributed by atoms with van der Waals surface area (Å²) in [4.78, 5) is 21.5. The Hall–Kier alpha value is -1.06. The molecule has 0 unspecified atom stereocenters. The predicted molar refractivity (Wildman–Crippen MR) is 35.3 cm³/mol. The van der Waals surface area contributed by atoms with Crippen molar-refractivity contribution in [3.05, 3.63) is 0 Å². The lowest BCUT2D eigenvalue weighted by Crippen LogP contribution is -2.56. The lowest BCUT2D eigenvalue weighted by molar-refractivity contribution is -0.128. The largest absolute Gasteiger partial charge is 0.337 e. The lowest BCUT2D eigenvalue weighted by Gasteiger charge is -2.27. The SMILES string of the molecule is CC1(C)CNC(=O)NC1=O. The van der Waals surface area contributed by atoms with Crippen LogP contribution >= 0.6 is 0 Å². The molecule has 2 N–H and O–H groups in total. The second-order valence-corrected chi connectivity index (χ2v) is 3.02. The van der Waals surface area contributed by atoms with E-state index in [2.05, 4.69) is 10.6 Å². The highest BCUT2D eigenvalue weighted by Crippen LogP contribution is 2.15. The van der Waals surface area contributed by atoms with Crippen LogP contribution in [0.1, 0.15) is 13.8 Å². The number of rotatable bonds is 0. The molecule has 4 heteroatoms. The first-order valence-electron chi connectivity index (χ1n) is 3.12. The van der Waals surface area contributed by atoms with Crippen LogP contribution in [0.5, 0.6) is 0 Å². The van der Waals surface area contributed by atoms with Crippen LogP contribution in [0.25, 0.3) is 0 Å². The summed E-state index contributed by atoms with van der Waals surface area (Å²) in [5.74, 6) is -0.212. The quantitative estimate of drug-likeness (QED) is 0.494. The second-order valence-electron chi connectivity index (χ2n) is 3.02. The average molecular weight is 142 g/mol. The van der Waals surface area contributed by atoms with Gasteiger partial charge in [-0.3, -0.25) is 10.1 Å². The van der Waals surface area contributed by atoms with E-state index in [1.807, 2.05) is 0 Å². The fourth-order valence-corrected chi connectivity index (χ4v) is 0.698. The Balaban J connectivity index is 2.70. The van der Waals surface area contributed by atoms with Crippen molar-refractivity contribution in [2.75, 3.05) is 6.54 Å². The van der Waals surface area contributed by atoms with Gasteiger partial charge < -0.3 is 5.32 Å². The van der Waals surface area contributed by atoms with Crippen LogP contribution in [-0.4, -0.2) is 18.5 Å². The molecule has 1 heterocycles. The van der Waals surface area contributed by atoms with Gasteiger partial charge in [0.1, 0.15) is 0 Å². The fourth-order valence-electron chi connectivity index (χ4n) is 0.698. The summed E-state index contributed by atoms with van der Waals surface area (Å²) in [6, 6.07) is -0.399. The highest BCUT2D eigenvalue weighted by atomic mass is 16.2. The molecular formula is C6H10N2O2. The molecule has 0 bridgehead atoms. The molecule has 0 saturated carbocycles. The van der Waals surface area contributed by atoms with Gasteiger partial charge in [-0.15, -0.1) is 0 Å². The molecule has 0 atom stereocenters. The van der Waals surface area contributed by atoms with E-state index >= 15 is 0 Å². The summed E-state index contributed by atoms with van der Waals surface area (Å²) in [6.45, 7) is 3.97. The summed E-state index contributed by atoms with van der Waals surface area (Å²) in [6.07, 6.45) is 0. The minimum atomic E-state index is -0.464. The number of carbonyl (C=O) groups is 2. The van der Waals surface area contributed by atoms with Gasteiger partial charge >= 0.3 is 6.03 Å². The zero-order valence-corrected chi connectivity index (χ0v) is 6.02. The Morgan fingerprint density at radius 2 is 2.00 bits per heavy atom. The molecule has 4 nitrogen and oxygen atoms in total. The molecule has 0 aromatic heterocycles. The molecule has 0 radical (unpaired) electrons. The topological polar surface area (TPSA) is 58.2 Å². The minimum Gasteiger partial charge on any atom is -0.337 e. The van der Waals surface area contributed by atoms with Gasteiger partial charge in [0.25, 0.3) is 0 Å². The Labute approximate surface area is 59.0 Å². The van der Waals surface area contributed by atoms with Crippen molar-refractivity contribution in [3.63, 3.8) is 0 Å². The Morgan fingerprint density at radius 1 is 1.40 bits per heavy atom. The number of nitrogens with one attached hydrogen (secondary N) is 2. The Bertz CT molecular complexity index is 186. The number of hydrogen-bond acceptors (Lipinski definition) is 2. The molecule has 0 aliphatic carbocycles. The van der Waals surface area contributed by atoms with Gasteiger partial charge in [0.2, 0.25) is 5.91 Å². The van der Waals surface area contributed by atoms with Crippen LogP contribution < -0.4 is 10.6 Å². The highest BCUT2D eigenvalue weighted by molar-refractivity contribution is 5.99. The van der Waals surface area contributed by atoms with Gasteiger partial charge in [-0.05, 0) is 13.8 Å². The van der Waals surface area contributed by atoms with Crippen LogP contribution in [0.2, 0.25) is 0 Å². The zero-order chi connectivity index (χ0) is 7.78. The molecule has 1 aliphatic rings. The van der Waals surface area contributed by atoms with Gasteiger partial charge in [-0.25, -0.2) is 4.79 Å². The summed E-state index contributed by atoms with van der Waals surface area (Å²) < 4.78 is 0. The third kappa shape index (κ3) is 1.10. The van der Waals surface area contributed by atoms with E-state index in [-0.39, 0.29) is 5.91 Å². The van der Waals surface area contributed by atoms with Gasteiger partial charge in [0.05, 0.1) is 5.41 Å². The third-order valence-corrected chi connectivity index (χ3v) is 1.53. The zero-order valence-electron chi connectivity index (χ0n) is 6.02. The van der Waals surface area contributed by atoms with Gasteiger partial charge in [0, 0.05) is 6.54 Å². The molecule has 0 aromatic carbocycles. The molecule has 3 amide bonds. The summed E-state index contributed by atoms with van der Waals surface area (Å²) in [5, 5.41) is 4.71. The van der Waals surface area contributed by atoms with E-state index in [1.54, 1.807) is 13.8 Å². The second kappa shape index (κ2) is 1.97. The van der Waals surface area contributed by atoms with E-state index in [0.29, 0.717) is 6.54 Å². The Morgan fingerprint density at radius 3 is 2.40 bits per heavy atom. The van der Waals surface area contributed by atoms with Crippen molar-refractivity contribution < 1.29 is 9.59 Å². The van der Waals surface area contributed by atoms with Gasteiger partial charge in [-0.2, -0.15) is 0 Å². The van der Waals surface area contributed by atoms with Crippen LogP contribution in [0.3, 0.4) is 0 Å². The maximum Gasteiger partial charge on any atom is 0.321 e. The maximum atomic E-state index is 11.0. The summed E-state index contributed by atoms with van der Waals surface area (Å²) >= 11 is 0. The summed E-state index contributed by atoms with van der Waals surface area (Å²) in [7, 11) is 0. The standard InChI is InChI=1S/C6H10N2O2/c1-6(2)3-7-5(10)8-4(6)9/h3H2,1-2H3,(H2,7,8,9,10). The van der Waals surface area contributed by atoms with Gasteiger partial charge in [0.15, 0.2) is 0 Å². The Kier molecular flexibility index (Phi) is 1.39. The molecule has 0 aromatic rings. The molecule has 1 aliphatic heterocycles. The number of amides is 3. The number of imide groups is 1. The van der Waals surface area contributed by atoms with Crippen molar-refractivity contribution in [1.29, 1.82) is 0 Å². The van der Waals surface area contributed by atoms with Crippen LogP contribution in [0.4, 0.5) is 4.79 Å². The van der Waals surface area contributed by atoms with Crippen LogP contribution in [-0.2, 0) is 4.79 Å². The third-order valence-electron chi connectivity index (χ3n) is 1.53. The molecule has 0 spiro atoms. The van der Waals surface area contributed by atoms with Crippen molar-refractivity contribution in [3.8, 4) is 0 Å². The minimum absolute atomic E-state index is 0.212. The van der Waals surface area contributed by atoms with E-state index in [1.165, 1.54) is 0 Å². The first kappa shape index (κ1) is 7.05. The average Bonchev–Trinajstić information content (AvgIpc) is 1.81. The molecule has 1 saturated heterocycles. The fraction of sp³-hybridized carbons (Fsp3) is 0.667. The number of hydrogen-bond donors (Lipinski definition) is 2. The normalized spacial score (nSPS) is 23.4. The van der Waals surface area contributed by atoms with Crippen LogP contribution in [0.15, 0.2) is 0 Å². The lowest BCUT2D eigenvalue weighted by atomic mass is 9.91. The molecule has 56 valence electrons. The van der Waals surface area contributed by atoms with E-state index < -0.39 is 11.4 Å². The van der Waals surface area contributed by atoms with E-state index in [4.69, 9.17) is 0 Å². The smallest absolute Gasteiger partial charge is 0.321 e. The van der Waals surface area contributed by atoms with Crippen molar-refractivity contribution in [1.82, 2.24) is 10.6 Å². The first-order valence-corrected chi connectivity index (χ1v) is 3.12. The summed E-state index contributed by atoms with van der Waals surface area (Å²) in [5.41, 5.74) is -0.464. The van der Waals surface area contributed by atoms with Gasteiger partial charge in [-0.1, -0.05) is 0 Å². The maximum absolute atomic E-state index is 11.0.